The van der Waals surface area contributed by atoms with E-state index in [-0.39, 0.29) is 12.0 Å². The Kier molecular flexibility index (Phi) is 4.74. The molecular weight excluding hydrogens is 248 g/mol. The molecule has 0 aliphatic heterocycles. The highest BCUT2D eigenvalue weighted by atomic mass is 32.1. The molecule has 0 bridgehead atoms. The van der Waals surface area contributed by atoms with E-state index >= 15 is 0 Å². The molecule has 1 aromatic heterocycles. The summed E-state index contributed by atoms with van der Waals surface area (Å²) in [7, 11) is 1.58. The van der Waals surface area contributed by atoms with Crippen molar-refractivity contribution in [1.82, 2.24) is 5.32 Å². The van der Waals surface area contributed by atoms with Gasteiger partial charge in [0.25, 0.3) is 0 Å². The van der Waals surface area contributed by atoms with Crippen LogP contribution in [-0.2, 0) is 28.9 Å². The number of rotatable bonds is 6. The number of amides is 1. The topological polar surface area (TPSA) is 64.3 Å². The van der Waals surface area contributed by atoms with E-state index in [1.165, 1.54) is 34.6 Å². The molecule has 0 radical (unpaired) electrons. The highest BCUT2D eigenvalue weighted by Crippen LogP contribution is 2.30. The largest absolute Gasteiger partial charge is 0.380 e. The number of hydrogen-bond acceptors (Lipinski definition) is 4. The molecule has 1 atom stereocenters. The van der Waals surface area contributed by atoms with Crippen molar-refractivity contribution in [3.8, 4) is 0 Å². The number of ether oxygens (including phenoxy) is 1. The molecule has 0 spiro atoms. The number of nitrogens with two attached hydrogens (primary N) is 1. The summed E-state index contributed by atoms with van der Waals surface area (Å²) in [5, 5.41) is 2.92. The van der Waals surface area contributed by atoms with E-state index in [4.69, 9.17) is 10.5 Å². The minimum Gasteiger partial charge on any atom is -0.380 e. The molecule has 1 aliphatic carbocycles. The monoisotopic (exact) mass is 268 g/mol. The third-order valence-electron chi connectivity index (χ3n) is 3.27. The zero-order valence-electron chi connectivity index (χ0n) is 10.7. The Morgan fingerprint density at radius 2 is 2.44 bits per heavy atom. The summed E-state index contributed by atoms with van der Waals surface area (Å²) >= 11 is 1.82. The van der Waals surface area contributed by atoms with Gasteiger partial charge in [0.15, 0.2) is 0 Å². The molecule has 1 unspecified atom stereocenters. The van der Waals surface area contributed by atoms with Crippen molar-refractivity contribution >= 4 is 17.2 Å². The number of carbonyl (C=O) groups excluding carboxylic acids is 1. The predicted molar refractivity (Wildman–Crippen MR) is 72.7 cm³/mol. The van der Waals surface area contributed by atoms with E-state index in [1.54, 1.807) is 7.11 Å². The molecule has 0 saturated carbocycles. The highest BCUT2D eigenvalue weighted by Gasteiger charge is 2.15. The van der Waals surface area contributed by atoms with Crippen LogP contribution in [0.25, 0.3) is 0 Å². The Morgan fingerprint density at radius 1 is 1.61 bits per heavy atom. The fourth-order valence-corrected chi connectivity index (χ4v) is 3.41. The predicted octanol–water partition coefficient (Wildman–Crippen LogP) is 1.22. The average Bonchev–Trinajstić information content (AvgIpc) is 2.93. The van der Waals surface area contributed by atoms with Crippen molar-refractivity contribution in [2.75, 3.05) is 13.7 Å². The molecule has 1 amide bonds. The van der Waals surface area contributed by atoms with E-state index in [9.17, 15) is 4.79 Å². The summed E-state index contributed by atoms with van der Waals surface area (Å²) in [5.74, 6) is 0.000796. The van der Waals surface area contributed by atoms with Crippen molar-refractivity contribution in [2.24, 2.45) is 5.73 Å². The lowest BCUT2D eigenvalue weighted by Crippen LogP contribution is -2.31. The van der Waals surface area contributed by atoms with Crippen LogP contribution in [0.1, 0.15) is 28.2 Å². The van der Waals surface area contributed by atoms with Crippen LogP contribution in [0.5, 0.6) is 0 Å². The zero-order chi connectivity index (χ0) is 13.0. The van der Waals surface area contributed by atoms with Crippen molar-refractivity contribution in [2.45, 2.75) is 38.3 Å². The summed E-state index contributed by atoms with van der Waals surface area (Å²) < 4.78 is 5.09. The summed E-state index contributed by atoms with van der Waals surface area (Å²) in [6.07, 6.45) is 3.82. The molecule has 4 nitrogen and oxygen atoms in total. The molecule has 100 valence electrons. The second kappa shape index (κ2) is 6.31. The number of methoxy groups -OCH3 is 1. The summed E-state index contributed by atoms with van der Waals surface area (Å²) in [4.78, 5) is 14.4. The van der Waals surface area contributed by atoms with Gasteiger partial charge in [0.05, 0.1) is 19.1 Å². The lowest BCUT2D eigenvalue weighted by atomic mass is 10.2. The molecule has 0 aromatic carbocycles. The molecule has 3 N–H and O–H groups in total. The molecule has 1 aromatic rings. The second-order valence-electron chi connectivity index (χ2n) is 4.59. The molecule has 0 saturated heterocycles. The van der Waals surface area contributed by atoms with E-state index in [1.807, 2.05) is 11.3 Å². The number of aryl methyl sites for hydroxylation is 2. The standard InChI is InChI=1S/C13H20N2O2S/c1-17-10(7-14)6-13(16)15-8-11-5-9-3-2-4-12(9)18-11/h5,10H,2-4,6-8,14H2,1H3,(H,15,16). The summed E-state index contributed by atoms with van der Waals surface area (Å²) in [5.41, 5.74) is 6.96. The number of thiophene rings is 1. The number of carbonyl (C=O) groups is 1. The minimum absolute atomic E-state index is 0.000796. The highest BCUT2D eigenvalue weighted by molar-refractivity contribution is 7.12. The van der Waals surface area contributed by atoms with Crippen molar-refractivity contribution in [3.05, 3.63) is 21.4 Å². The minimum atomic E-state index is -0.182. The lowest BCUT2D eigenvalue weighted by molar-refractivity contribution is -0.123. The number of fused-ring (bicyclic) bond motifs is 1. The Hall–Kier alpha value is -0.910. The van der Waals surface area contributed by atoms with Gasteiger partial charge in [-0.25, -0.2) is 0 Å². The van der Waals surface area contributed by atoms with E-state index in [0.717, 1.165) is 0 Å². The van der Waals surface area contributed by atoms with Gasteiger partial charge < -0.3 is 15.8 Å². The maximum atomic E-state index is 11.7. The van der Waals surface area contributed by atoms with Crippen molar-refractivity contribution in [3.63, 3.8) is 0 Å². The third-order valence-corrected chi connectivity index (χ3v) is 4.50. The van der Waals surface area contributed by atoms with Crippen LogP contribution >= 0.6 is 11.3 Å². The number of nitrogens with one attached hydrogen (secondary N) is 1. The van der Waals surface area contributed by atoms with E-state index in [2.05, 4.69) is 11.4 Å². The Balaban J connectivity index is 1.78. The average molecular weight is 268 g/mol. The first kappa shape index (κ1) is 13.5. The van der Waals surface area contributed by atoms with Crippen LogP contribution in [0.2, 0.25) is 0 Å². The zero-order valence-corrected chi connectivity index (χ0v) is 11.5. The Bertz CT molecular complexity index is 392. The van der Waals surface area contributed by atoms with E-state index < -0.39 is 0 Å². The molecule has 1 aliphatic rings. The maximum Gasteiger partial charge on any atom is 0.222 e. The second-order valence-corrected chi connectivity index (χ2v) is 5.81. The van der Waals surface area contributed by atoms with Gasteiger partial charge in [-0.3, -0.25) is 4.79 Å². The van der Waals surface area contributed by atoms with Gasteiger partial charge in [0, 0.05) is 23.4 Å². The first-order chi connectivity index (χ1) is 8.72. The van der Waals surface area contributed by atoms with Crippen LogP contribution in [0.3, 0.4) is 0 Å². The smallest absolute Gasteiger partial charge is 0.222 e. The molecule has 18 heavy (non-hydrogen) atoms. The van der Waals surface area contributed by atoms with Crippen LogP contribution in [0.4, 0.5) is 0 Å². The lowest BCUT2D eigenvalue weighted by Gasteiger charge is -2.12. The fraction of sp³-hybridized carbons (Fsp3) is 0.615. The number of hydrogen-bond donors (Lipinski definition) is 2. The van der Waals surface area contributed by atoms with Crippen molar-refractivity contribution < 1.29 is 9.53 Å². The van der Waals surface area contributed by atoms with Gasteiger partial charge in [-0.05, 0) is 30.9 Å². The SMILES string of the molecule is COC(CN)CC(=O)NCc1cc2c(s1)CCC2. The van der Waals surface area contributed by atoms with E-state index in [0.29, 0.717) is 19.5 Å². The van der Waals surface area contributed by atoms with Gasteiger partial charge in [-0.1, -0.05) is 0 Å². The van der Waals surface area contributed by atoms with Gasteiger partial charge >= 0.3 is 0 Å². The molecule has 5 heteroatoms. The fourth-order valence-electron chi connectivity index (χ4n) is 2.21. The van der Waals surface area contributed by atoms with Crippen LogP contribution in [-0.4, -0.2) is 25.7 Å². The quantitative estimate of drug-likeness (QED) is 0.815. The normalized spacial score (nSPS) is 15.4. The first-order valence-corrected chi connectivity index (χ1v) is 7.14. The van der Waals surface area contributed by atoms with Gasteiger partial charge in [-0.15, -0.1) is 11.3 Å². The van der Waals surface area contributed by atoms with Gasteiger partial charge in [0.2, 0.25) is 5.91 Å². The molecule has 1 heterocycles. The molecule has 0 fully saturated rings. The summed E-state index contributed by atoms with van der Waals surface area (Å²) in [6, 6.07) is 2.23. The molecule has 2 rings (SSSR count). The summed E-state index contributed by atoms with van der Waals surface area (Å²) in [6.45, 7) is 0.995. The van der Waals surface area contributed by atoms with Crippen LogP contribution in [0, 0.1) is 0 Å². The van der Waals surface area contributed by atoms with Crippen molar-refractivity contribution in [1.29, 1.82) is 0 Å². The van der Waals surface area contributed by atoms with Gasteiger partial charge in [0.1, 0.15) is 0 Å². The third kappa shape index (κ3) is 3.31. The Morgan fingerprint density at radius 3 is 3.11 bits per heavy atom. The van der Waals surface area contributed by atoms with Crippen LogP contribution in [0.15, 0.2) is 6.07 Å². The van der Waals surface area contributed by atoms with Crippen LogP contribution < -0.4 is 11.1 Å². The first-order valence-electron chi connectivity index (χ1n) is 6.33. The molecular formula is C13H20N2O2S. The van der Waals surface area contributed by atoms with Gasteiger partial charge in [-0.2, -0.15) is 0 Å². The maximum absolute atomic E-state index is 11.7. The Labute approximate surface area is 112 Å².